The fourth-order valence-electron chi connectivity index (χ4n) is 3.81. The third kappa shape index (κ3) is 4.42. The minimum absolute atomic E-state index is 0. The summed E-state index contributed by atoms with van der Waals surface area (Å²) < 4.78 is 35.8. The zero-order valence-electron chi connectivity index (χ0n) is 16.5. The van der Waals surface area contributed by atoms with Gasteiger partial charge in [-0.05, 0) is 42.8 Å². The number of carbonyl (C=O) groups is 1. The van der Waals surface area contributed by atoms with Gasteiger partial charge in [0.25, 0.3) is 5.91 Å². The molecule has 1 aromatic heterocycles. The van der Waals surface area contributed by atoms with E-state index in [-0.39, 0.29) is 29.9 Å². The molecule has 160 valence electrons. The van der Waals surface area contributed by atoms with Crippen LogP contribution in [0.3, 0.4) is 0 Å². The van der Waals surface area contributed by atoms with Crippen LogP contribution in [0.4, 0.5) is 8.78 Å². The summed E-state index contributed by atoms with van der Waals surface area (Å²) in [4.78, 5) is 12.9. The first-order chi connectivity index (χ1) is 14.1. The van der Waals surface area contributed by atoms with Crippen LogP contribution in [0.1, 0.15) is 22.3 Å². The molecule has 0 radical (unpaired) electrons. The van der Waals surface area contributed by atoms with Crippen molar-refractivity contribution in [3.8, 4) is 5.75 Å². The van der Waals surface area contributed by atoms with E-state index in [1.165, 1.54) is 6.07 Å². The number of nitrogens with one attached hydrogen (secondary N) is 2. The first-order valence-electron chi connectivity index (χ1n) is 9.62. The average molecular weight is 436 g/mol. The summed E-state index contributed by atoms with van der Waals surface area (Å²) >= 11 is 0. The standard InChI is InChI=1S/C22H23F2N3O2.ClH/c1-29-15-5-2-4-14(10-15)12-27-13-16(21-17(23)6-3-7-20(21)27)22(28)26-19-8-9-25-11-18(19)24;/h2-7,10,13,18-19,25H,8-9,11-12H2,1H3,(H,26,28);1H. The number of piperidine rings is 1. The molecule has 2 atom stereocenters. The number of alkyl halides is 1. The SMILES string of the molecule is COc1cccc(Cn2cc(C(=O)NC3CCNCC3F)c3c(F)cccc32)c1.Cl. The highest BCUT2D eigenvalue weighted by atomic mass is 35.5. The Morgan fingerprint density at radius 3 is 2.87 bits per heavy atom. The molecule has 4 rings (SSSR count). The monoisotopic (exact) mass is 435 g/mol. The molecule has 3 aromatic rings. The fourth-order valence-corrected chi connectivity index (χ4v) is 3.81. The quantitative estimate of drug-likeness (QED) is 0.642. The molecule has 0 saturated carbocycles. The molecule has 0 bridgehead atoms. The van der Waals surface area contributed by atoms with E-state index in [4.69, 9.17) is 4.74 Å². The number of carbonyl (C=O) groups excluding carboxylic acids is 1. The molecule has 1 aliphatic heterocycles. The van der Waals surface area contributed by atoms with Crippen molar-refractivity contribution in [1.29, 1.82) is 0 Å². The van der Waals surface area contributed by atoms with E-state index in [0.717, 1.165) is 11.3 Å². The van der Waals surface area contributed by atoms with Crippen LogP contribution < -0.4 is 15.4 Å². The number of hydrogen-bond donors (Lipinski definition) is 2. The first-order valence-corrected chi connectivity index (χ1v) is 9.62. The highest BCUT2D eigenvalue weighted by Gasteiger charge is 2.28. The Balaban J connectivity index is 0.00000256. The van der Waals surface area contributed by atoms with Crippen molar-refractivity contribution in [2.45, 2.75) is 25.2 Å². The van der Waals surface area contributed by atoms with Gasteiger partial charge in [0, 0.05) is 24.7 Å². The van der Waals surface area contributed by atoms with Crippen molar-refractivity contribution in [3.63, 3.8) is 0 Å². The normalized spacial score (nSPS) is 18.6. The zero-order valence-corrected chi connectivity index (χ0v) is 17.3. The second kappa shape index (κ2) is 9.45. The van der Waals surface area contributed by atoms with Gasteiger partial charge in [-0.15, -0.1) is 12.4 Å². The van der Waals surface area contributed by atoms with Gasteiger partial charge in [0.1, 0.15) is 17.7 Å². The van der Waals surface area contributed by atoms with E-state index in [1.54, 1.807) is 25.4 Å². The molecule has 2 N–H and O–H groups in total. The molecule has 1 aliphatic rings. The number of amides is 1. The van der Waals surface area contributed by atoms with E-state index in [1.807, 2.05) is 28.8 Å². The van der Waals surface area contributed by atoms with Gasteiger partial charge in [0.15, 0.2) is 0 Å². The number of benzene rings is 2. The van der Waals surface area contributed by atoms with Crippen molar-refractivity contribution < 1.29 is 18.3 Å². The number of methoxy groups -OCH3 is 1. The zero-order chi connectivity index (χ0) is 20.4. The van der Waals surface area contributed by atoms with Gasteiger partial charge < -0.3 is 19.9 Å². The van der Waals surface area contributed by atoms with E-state index < -0.39 is 23.9 Å². The molecule has 1 amide bonds. The van der Waals surface area contributed by atoms with Gasteiger partial charge >= 0.3 is 0 Å². The maximum Gasteiger partial charge on any atom is 0.253 e. The average Bonchev–Trinajstić information content (AvgIpc) is 3.10. The van der Waals surface area contributed by atoms with Gasteiger partial charge in [-0.1, -0.05) is 18.2 Å². The fraction of sp³-hybridized carbons (Fsp3) is 0.318. The Kier molecular flexibility index (Phi) is 6.95. The van der Waals surface area contributed by atoms with E-state index in [0.29, 0.717) is 25.0 Å². The molecule has 0 spiro atoms. The predicted octanol–water partition coefficient (Wildman–Crippen LogP) is 3.69. The van der Waals surface area contributed by atoms with Crippen molar-refractivity contribution in [1.82, 2.24) is 15.2 Å². The van der Waals surface area contributed by atoms with Crippen molar-refractivity contribution in [2.24, 2.45) is 0 Å². The molecule has 0 aliphatic carbocycles. The number of nitrogens with zero attached hydrogens (tertiary/aromatic N) is 1. The molecule has 30 heavy (non-hydrogen) atoms. The minimum atomic E-state index is -1.16. The number of fused-ring (bicyclic) bond motifs is 1. The molecule has 1 saturated heterocycles. The van der Waals surface area contributed by atoms with Gasteiger partial charge in [0.05, 0.1) is 24.2 Å². The Bertz CT molecular complexity index is 1040. The number of hydrogen-bond acceptors (Lipinski definition) is 3. The smallest absolute Gasteiger partial charge is 0.253 e. The van der Waals surface area contributed by atoms with Crippen LogP contribution in [-0.4, -0.2) is 42.9 Å². The number of aromatic nitrogens is 1. The topological polar surface area (TPSA) is 55.3 Å². The van der Waals surface area contributed by atoms with Crippen LogP contribution in [0.15, 0.2) is 48.7 Å². The van der Waals surface area contributed by atoms with Crippen LogP contribution in [0.5, 0.6) is 5.75 Å². The predicted molar refractivity (Wildman–Crippen MR) is 115 cm³/mol. The molecule has 2 heterocycles. The van der Waals surface area contributed by atoms with Gasteiger partial charge in [-0.2, -0.15) is 0 Å². The van der Waals surface area contributed by atoms with Gasteiger partial charge in [-0.25, -0.2) is 8.78 Å². The Morgan fingerprint density at radius 1 is 1.30 bits per heavy atom. The molecule has 2 unspecified atom stereocenters. The molecular formula is C22H24ClF2N3O2. The third-order valence-electron chi connectivity index (χ3n) is 5.31. The van der Waals surface area contributed by atoms with E-state index in [9.17, 15) is 13.6 Å². The second-order valence-corrected chi connectivity index (χ2v) is 7.24. The Labute approximate surface area is 179 Å². The Morgan fingerprint density at radius 2 is 2.10 bits per heavy atom. The lowest BCUT2D eigenvalue weighted by molar-refractivity contribution is 0.0893. The van der Waals surface area contributed by atoms with Crippen LogP contribution in [0.25, 0.3) is 10.9 Å². The number of rotatable bonds is 5. The lowest BCUT2D eigenvalue weighted by atomic mass is 10.0. The largest absolute Gasteiger partial charge is 0.497 e. The molecular weight excluding hydrogens is 412 g/mol. The summed E-state index contributed by atoms with van der Waals surface area (Å²) in [5.41, 5.74) is 1.78. The number of ether oxygens (including phenoxy) is 1. The summed E-state index contributed by atoms with van der Waals surface area (Å²) in [5, 5.41) is 5.95. The summed E-state index contributed by atoms with van der Waals surface area (Å²) in [5.74, 6) is -0.207. The highest BCUT2D eigenvalue weighted by Crippen LogP contribution is 2.26. The summed E-state index contributed by atoms with van der Waals surface area (Å²) in [7, 11) is 1.60. The second-order valence-electron chi connectivity index (χ2n) is 7.24. The molecule has 2 aromatic carbocycles. The minimum Gasteiger partial charge on any atom is -0.497 e. The van der Waals surface area contributed by atoms with Crippen molar-refractivity contribution in [2.75, 3.05) is 20.2 Å². The first kappa shape index (κ1) is 22.1. The molecule has 1 fully saturated rings. The Hall–Kier alpha value is -2.64. The van der Waals surface area contributed by atoms with Crippen LogP contribution in [-0.2, 0) is 6.54 Å². The maximum atomic E-state index is 14.6. The highest BCUT2D eigenvalue weighted by molar-refractivity contribution is 6.07. The summed E-state index contributed by atoms with van der Waals surface area (Å²) in [6, 6.07) is 11.7. The summed E-state index contributed by atoms with van der Waals surface area (Å²) in [6.45, 7) is 1.29. The van der Waals surface area contributed by atoms with Gasteiger partial charge in [-0.3, -0.25) is 4.79 Å². The maximum absolute atomic E-state index is 14.6. The molecule has 5 nitrogen and oxygen atoms in total. The van der Waals surface area contributed by atoms with Gasteiger partial charge in [0.2, 0.25) is 0 Å². The van der Waals surface area contributed by atoms with E-state index >= 15 is 0 Å². The van der Waals surface area contributed by atoms with E-state index in [2.05, 4.69) is 10.6 Å². The van der Waals surface area contributed by atoms with Crippen LogP contribution in [0.2, 0.25) is 0 Å². The van der Waals surface area contributed by atoms with Crippen LogP contribution in [0, 0.1) is 5.82 Å². The third-order valence-corrected chi connectivity index (χ3v) is 5.31. The van der Waals surface area contributed by atoms with Crippen molar-refractivity contribution >= 4 is 29.2 Å². The number of halogens is 3. The summed E-state index contributed by atoms with van der Waals surface area (Å²) in [6.07, 6.45) is 0.969. The van der Waals surface area contributed by atoms with Crippen molar-refractivity contribution in [3.05, 3.63) is 65.6 Å². The lowest BCUT2D eigenvalue weighted by Crippen LogP contribution is -2.50. The lowest BCUT2D eigenvalue weighted by Gasteiger charge is -2.27. The van der Waals surface area contributed by atoms with Crippen LogP contribution >= 0.6 is 12.4 Å². The molecule has 8 heteroatoms.